The van der Waals surface area contributed by atoms with Crippen LogP contribution >= 0.6 is 0 Å². The van der Waals surface area contributed by atoms with Crippen LogP contribution in [0.15, 0.2) is 60.9 Å². The van der Waals surface area contributed by atoms with Gasteiger partial charge in [0.1, 0.15) is 22.9 Å². The largest absolute Gasteiger partial charge is 0.382 e. The zero-order chi connectivity index (χ0) is 22.3. The van der Waals surface area contributed by atoms with E-state index in [-0.39, 0.29) is 5.41 Å². The van der Waals surface area contributed by atoms with E-state index < -0.39 is 0 Å². The van der Waals surface area contributed by atoms with Gasteiger partial charge in [0.25, 0.3) is 0 Å². The first-order valence-corrected chi connectivity index (χ1v) is 11.8. The van der Waals surface area contributed by atoms with Crippen LogP contribution < -0.4 is 5.73 Å². The number of imidazole rings is 1. The van der Waals surface area contributed by atoms with Crippen molar-refractivity contribution in [2.75, 3.05) is 5.73 Å². The van der Waals surface area contributed by atoms with Gasteiger partial charge in [0.15, 0.2) is 0 Å². The Kier molecular flexibility index (Phi) is 5.24. The highest BCUT2D eigenvalue weighted by Gasteiger charge is 2.30. The molecule has 4 nitrogen and oxygen atoms in total. The molecule has 0 spiro atoms. The van der Waals surface area contributed by atoms with Crippen LogP contribution in [0.5, 0.6) is 0 Å². The van der Waals surface area contributed by atoms with Crippen molar-refractivity contribution in [1.29, 1.82) is 0 Å². The number of benzene rings is 2. The predicted molar refractivity (Wildman–Crippen MR) is 132 cm³/mol. The number of aromatic nitrogens is 3. The van der Waals surface area contributed by atoms with Crippen molar-refractivity contribution in [2.45, 2.75) is 64.2 Å². The summed E-state index contributed by atoms with van der Waals surface area (Å²) in [6.45, 7) is 6.82. The minimum Gasteiger partial charge on any atom is -0.382 e. The molecule has 0 aliphatic heterocycles. The molecule has 4 heteroatoms. The van der Waals surface area contributed by atoms with Gasteiger partial charge in [-0.2, -0.15) is 0 Å². The summed E-state index contributed by atoms with van der Waals surface area (Å²) in [7, 11) is 0. The number of anilines is 1. The second-order valence-electron chi connectivity index (χ2n) is 9.46. The molecule has 1 atom stereocenters. The number of nitrogens with two attached hydrogens (primary N) is 1. The Morgan fingerprint density at radius 3 is 2.53 bits per heavy atom. The van der Waals surface area contributed by atoms with E-state index in [0.717, 1.165) is 35.4 Å². The van der Waals surface area contributed by atoms with E-state index in [2.05, 4.69) is 78.7 Å². The SMILES string of the molecule is CCCC(C)(c1ccccc1)c1ccc(-c2nc(C3CCC3)n3ccnc(N)c23)c(C)c1. The van der Waals surface area contributed by atoms with E-state index in [1.807, 2.05) is 6.20 Å². The van der Waals surface area contributed by atoms with Crippen LogP contribution in [-0.2, 0) is 5.41 Å². The highest BCUT2D eigenvalue weighted by atomic mass is 15.1. The van der Waals surface area contributed by atoms with E-state index >= 15 is 0 Å². The molecule has 2 aromatic heterocycles. The monoisotopic (exact) mass is 424 g/mol. The Labute approximate surface area is 190 Å². The molecule has 1 aliphatic carbocycles. The van der Waals surface area contributed by atoms with Gasteiger partial charge in [-0.3, -0.25) is 4.40 Å². The molecule has 0 amide bonds. The standard InChI is InChI=1S/C28H32N4/c1-4-15-28(3,21-11-6-5-7-12-21)22-13-14-23(19(2)18-22)24-25-26(29)30-16-17-32(25)27(31-24)20-9-8-10-20/h5-7,11-14,16-18,20H,4,8-10,15H2,1-3H3,(H2,29,30). The number of hydrogen-bond acceptors (Lipinski definition) is 3. The molecular formula is C28H32N4. The van der Waals surface area contributed by atoms with E-state index in [9.17, 15) is 0 Å². The summed E-state index contributed by atoms with van der Waals surface area (Å²) in [4.78, 5) is 9.51. The van der Waals surface area contributed by atoms with Crippen LogP contribution in [0.3, 0.4) is 0 Å². The van der Waals surface area contributed by atoms with Gasteiger partial charge in [-0.05, 0) is 42.9 Å². The number of nitrogen functional groups attached to an aromatic ring is 1. The van der Waals surface area contributed by atoms with E-state index in [4.69, 9.17) is 10.7 Å². The molecule has 4 aromatic rings. The van der Waals surface area contributed by atoms with Crippen molar-refractivity contribution < 1.29 is 0 Å². The Morgan fingerprint density at radius 2 is 1.88 bits per heavy atom. The molecule has 0 saturated heterocycles. The fourth-order valence-electron chi connectivity index (χ4n) is 5.26. The lowest BCUT2D eigenvalue weighted by Gasteiger charge is -2.31. The van der Waals surface area contributed by atoms with Crippen LogP contribution in [0.2, 0.25) is 0 Å². The normalized spacial score (nSPS) is 16.1. The summed E-state index contributed by atoms with van der Waals surface area (Å²) >= 11 is 0. The quantitative estimate of drug-likeness (QED) is 0.376. The number of aryl methyl sites for hydroxylation is 1. The summed E-state index contributed by atoms with van der Waals surface area (Å²) < 4.78 is 2.17. The Morgan fingerprint density at radius 1 is 1.09 bits per heavy atom. The average molecular weight is 425 g/mol. The maximum Gasteiger partial charge on any atom is 0.150 e. The number of nitrogens with zero attached hydrogens (tertiary/aromatic N) is 3. The molecule has 1 unspecified atom stereocenters. The summed E-state index contributed by atoms with van der Waals surface area (Å²) in [5.74, 6) is 2.19. The van der Waals surface area contributed by atoms with Crippen LogP contribution in [-0.4, -0.2) is 14.4 Å². The maximum absolute atomic E-state index is 6.36. The topological polar surface area (TPSA) is 56.2 Å². The fourth-order valence-corrected chi connectivity index (χ4v) is 5.26. The van der Waals surface area contributed by atoms with Gasteiger partial charge in [0, 0.05) is 29.3 Å². The zero-order valence-corrected chi connectivity index (χ0v) is 19.3. The lowest BCUT2D eigenvalue weighted by molar-refractivity contribution is 0.400. The average Bonchev–Trinajstić information content (AvgIpc) is 3.13. The van der Waals surface area contributed by atoms with Crippen LogP contribution in [0, 0.1) is 6.92 Å². The third-order valence-electron chi connectivity index (χ3n) is 7.36. The number of rotatable bonds is 6. The fraction of sp³-hybridized carbons (Fsp3) is 0.357. The minimum absolute atomic E-state index is 0.0206. The molecule has 2 heterocycles. The second kappa shape index (κ2) is 8.09. The molecule has 1 saturated carbocycles. The predicted octanol–water partition coefficient (Wildman–Crippen LogP) is 6.66. The van der Waals surface area contributed by atoms with Gasteiger partial charge in [0.2, 0.25) is 0 Å². The van der Waals surface area contributed by atoms with Gasteiger partial charge in [0.05, 0.1) is 0 Å². The van der Waals surface area contributed by atoms with Crippen molar-refractivity contribution >= 4 is 11.3 Å². The first-order valence-electron chi connectivity index (χ1n) is 11.8. The van der Waals surface area contributed by atoms with Crippen molar-refractivity contribution in [3.05, 3.63) is 83.4 Å². The highest BCUT2D eigenvalue weighted by Crippen LogP contribution is 2.41. The highest BCUT2D eigenvalue weighted by molar-refractivity contribution is 5.86. The lowest BCUT2D eigenvalue weighted by atomic mass is 9.72. The van der Waals surface area contributed by atoms with Gasteiger partial charge in [-0.1, -0.05) is 75.2 Å². The minimum atomic E-state index is -0.0206. The smallest absolute Gasteiger partial charge is 0.150 e. The molecular weight excluding hydrogens is 392 g/mol. The van der Waals surface area contributed by atoms with Crippen molar-refractivity contribution in [1.82, 2.24) is 14.4 Å². The van der Waals surface area contributed by atoms with Gasteiger partial charge < -0.3 is 5.73 Å². The first kappa shape index (κ1) is 20.7. The second-order valence-corrected chi connectivity index (χ2v) is 9.46. The molecule has 1 aliphatic rings. The third kappa shape index (κ3) is 3.29. The molecule has 0 bridgehead atoms. The Bertz CT molecular complexity index is 1250. The van der Waals surface area contributed by atoms with Crippen molar-refractivity contribution in [3.8, 4) is 11.3 Å². The summed E-state index contributed by atoms with van der Waals surface area (Å²) in [6, 6.07) is 17.7. The van der Waals surface area contributed by atoms with Crippen LogP contribution in [0.25, 0.3) is 16.8 Å². The molecule has 0 radical (unpaired) electrons. The number of fused-ring (bicyclic) bond motifs is 1. The molecule has 1 fully saturated rings. The Hall–Kier alpha value is -3.14. The van der Waals surface area contributed by atoms with Crippen LogP contribution in [0.4, 0.5) is 5.82 Å². The zero-order valence-electron chi connectivity index (χ0n) is 19.3. The van der Waals surface area contributed by atoms with Crippen molar-refractivity contribution in [3.63, 3.8) is 0 Å². The maximum atomic E-state index is 6.36. The molecule has 164 valence electrons. The van der Waals surface area contributed by atoms with Crippen molar-refractivity contribution in [2.24, 2.45) is 0 Å². The lowest BCUT2D eigenvalue weighted by Crippen LogP contribution is -2.23. The van der Waals surface area contributed by atoms with Gasteiger partial charge in [-0.25, -0.2) is 9.97 Å². The summed E-state index contributed by atoms with van der Waals surface area (Å²) in [6.07, 6.45) is 9.70. The number of hydrogen-bond donors (Lipinski definition) is 1. The van der Waals surface area contributed by atoms with E-state index in [1.54, 1.807) is 6.20 Å². The molecule has 32 heavy (non-hydrogen) atoms. The molecule has 2 N–H and O–H groups in total. The first-order chi connectivity index (χ1) is 15.5. The van der Waals surface area contributed by atoms with Gasteiger partial charge >= 0.3 is 0 Å². The molecule has 5 rings (SSSR count). The van der Waals surface area contributed by atoms with E-state index in [0.29, 0.717) is 11.7 Å². The summed E-state index contributed by atoms with van der Waals surface area (Å²) in [5, 5.41) is 0. The Balaban J connectivity index is 1.63. The van der Waals surface area contributed by atoms with Gasteiger partial charge in [-0.15, -0.1) is 0 Å². The third-order valence-corrected chi connectivity index (χ3v) is 7.36. The molecule has 2 aromatic carbocycles. The van der Waals surface area contributed by atoms with E-state index in [1.165, 1.54) is 36.0 Å². The summed E-state index contributed by atoms with van der Waals surface area (Å²) in [5.41, 5.74) is 13.3. The van der Waals surface area contributed by atoms with Crippen LogP contribution in [0.1, 0.15) is 74.4 Å².